The van der Waals surface area contributed by atoms with Gasteiger partial charge in [-0.15, -0.1) is 0 Å². The van der Waals surface area contributed by atoms with Crippen LogP contribution in [-0.2, 0) is 10.8 Å². The lowest BCUT2D eigenvalue weighted by Crippen LogP contribution is -2.33. The highest BCUT2D eigenvalue weighted by molar-refractivity contribution is 5.91. The lowest BCUT2D eigenvalue weighted by molar-refractivity contribution is 0.332. The number of benzene rings is 3. The maximum Gasteiger partial charge on any atom is 0.0991 e. The number of rotatable bonds is 3. The van der Waals surface area contributed by atoms with Gasteiger partial charge in [-0.3, -0.25) is 0 Å². The second kappa shape index (κ2) is 7.62. The molecule has 0 heterocycles. The topological polar surface area (TPSA) is 23.8 Å². The number of nitrogens with zero attached hydrogens (tertiary/aromatic N) is 1. The van der Waals surface area contributed by atoms with Gasteiger partial charge in [0.15, 0.2) is 0 Å². The van der Waals surface area contributed by atoms with Crippen LogP contribution in [0, 0.1) is 11.3 Å². The molecule has 0 amide bonds. The first-order valence-corrected chi connectivity index (χ1v) is 10.7. The minimum absolute atomic E-state index is 0.178. The summed E-state index contributed by atoms with van der Waals surface area (Å²) in [6, 6.07) is 27.6. The third-order valence-corrected chi connectivity index (χ3v) is 6.60. The standard InChI is InChI=1S/C29H29N/c1-28(2)16-17-29(3,4)27-19-24(14-15-26(27)28)25(23-8-6-5-7-9-23)18-21-10-12-22(20-30)13-11-21/h5-15,18-19H,16-17H2,1-4H3/b25-18-. The van der Waals surface area contributed by atoms with E-state index in [0.717, 1.165) is 5.56 Å². The van der Waals surface area contributed by atoms with Gasteiger partial charge >= 0.3 is 0 Å². The van der Waals surface area contributed by atoms with E-state index in [0.29, 0.717) is 5.56 Å². The van der Waals surface area contributed by atoms with Crippen LogP contribution in [0.25, 0.3) is 11.6 Å². The smallest absolute Gasteiger partial charge is 0.0991 e. The summed E-state index contributed by atoms with van der Waals surface area (Å²) in [5.74, 6) is 0. The summed E-state index contributed by atoms with van der Waals surface area (Å²) in [4.78, 5) is 0. The Kier molecular flexibility index (Phi) is 5.12. The van der Waals surface area contributed by atoms with Crippen molar-refractivity contribution >= 4 is 11.6 Å². The molecule has 1 heteroatoms. The average molecular weight is 392 g/mol. The van der Waals surface area contributed by atoms with Gasteiger partial charge < -0.3 is 0 Å². The lowest BCUT2D eigenvalue weighted by Gasteiger charge is -2.42. The van der Waals surface area contributed by atoms with E-state index in [1.54, 1.807) is 0 Å². The maximum atomic E-state index is 9.10. The largest absolute Gasteiger partial charge is 0.192 e. The molecule has 30 heavy (non-hydrogen) atoms. The molecule has 1 aliphatic rings. The van der Waals surface area contributed by atoms with E-state index in [9.17, 15) is 0 Å². The highest BCUT2D eigenvalue weighted by Gasteiger charge is 2.37. The van der Waals surface area contributed by atoms with E-state index < -0.39 is 0 Å². The molecule has 0 spiro atoms. The summed E-state index contributed by atoms with van der Waals surface area (Å²) in [5.41, 5.74) is 8.79. The Labute approximate surface area is 180 Å². The quantitative estimate of drug-likeness (QED) is 0.424. The number of hydrogen-bond donors (Lipinski definition) is 0. The fraction of sp³-hybridized carbons (Fsp3) is 0.276. The third kappa shape index (κ3) is 3.83. The molecule has 0 aliphatic heterocycles. The minimum atomic E-state index is 0.178. The van der Waals surface area contributed by atoms with Gasteiger partial charge in [0.05, 0.1) is 11.6 Å². The molecule has 150 valence electrons. The van der Waals surface area contributed by atoms with Crippen molar-refractivity contribution in [2.45, 2.75) is 51.4 Å². The minimum Gasteiger partial charge on any atom is -0.192 e. The highest BCUT2D eigenvalue weighted by atomic mass is 14.4. The van der Waals surface area contributed by atoms with Gasteiger partial charge in [0.25, 0.3) is 0 Å². The van der Waals surface area contributed by atoms with Crippen molar-refractivity contribution in [1.82, 2.24) is 0 Å². The predicted molar refractivity (Wildman–Crippen MR) is 126 cm³/mol. The van der Waals surface area contributed by atoms with Crippen molar-refractivity contribution in [1.29, 1.82) is 5.26 Å². The van der Waals surface area contributed by atoms with E-state index in [1.165, 1.54) is 40.7 Å². The number of nitriles is 1. The molecule has 3 aromatic rings. The van der Waals surface area contributed by atoms with Crippen LogP contribution in [0.5, 0.6) is 0 Å². The third-order valence-electron chi connectivity index (χ3n) is 6.60. The Bertz CT molecular complexity index is 1120. The van der Waals surface area contributed by atoms with Crippen LogP contribution in [0.4, 0.5) is 0 Å². The van der Waals surface area contributed by atoms with Crippen LogP contribution < -0.4 is 0 Å². The maximum absolute atomic E-state index is 9.10. The molecule has 3 aromatic carbocycles. The van der Waals surface area contributed by atoms with E-state index >= 15 is 0 Å². The van der Waals surface area contributed by atoms with Crippen LogP contribution in [0.3, 0.4) is 0 Å². The molecule has 0 bridgehead atoms. The van der Waals surface area contributed by atoms with Crippen LogP contribution in [0.1, 0.15) is 73.9 Å². The Balaban J connectivity index is 1.88. The van der Waals surface area contributed by atoms with Crippen LogP contribution in [0.15, 0.2) is 72.8 Å². The summed E-state index contributed by atoms with van der Waals surface area (Å²) < 4.78 is 0. The van der Waals surface area contributed by atoms with Gasteiger partial charge in [-0.2, -0.15) is 5.26 Å². The lowest BCUT2D eigenvalue weighted by atomic mass is 9.63. The molecule has 1 nitrogen and oxygen atoms in total. The summed E-state index contributed by atoms with van der Waals surface area (Å²) in [5, 5.41) is 9.10. The summed E-state index contributed by atoms with van der Waals surface area (Å²) in [6.07, 6.45) is 4.66. The monoisotopic (exact) mass is 391 g/mol. The van der Waals surface area contributed by atoms with Gasteiger partial charge in [0, 0.05) is 0 Å². The molecule has 0 unspecified atom stereocenters. The van der Waals surface area contributed by atoms with Gasteiger partial charge in [-0.05, 0) is 75.3 Å². The predicted octanol–water partition coefficient (Wildman–Crippen LogP) is 7.50. The zero-order valence-corrected chi connectivity index (χ0v) is 18.4. The molecule has 1 aliphatic carbocycles. The average Bonchev–Trinajstić information content (AvgIpc) is 2.76. The van der Waals surface area contributed by atoms with Crippen molar-refractivity contribution < 1.29 is 0 Å². The zero-order chi connectivity index (χ0) is 21.4. The second-order valence-electron chi connectivity index (χ2n) is 9.69. The van der Waals surface area contributed by atoms with Crippen LogP contribution in [0.2, 0.25) is 0 Å². The number of hydrogen-bond acceptors (Lipinski definition) is 1. The molecular formula is C29H29N. The van der Waals surface area contributed by atoms with Gasteiger partial charge in [0.2, 0.25) is 0 Å². The van der Waals surface area contributed by atoms with Crippen molar-refractivity contribution in [3.8, 4) is 6.07 Å². The molecule has 0 aromatic heterocycles. The van der Waals surface area contributed by atoms with Gasteiger partial charge in [-0.25, -0.2) is 0 Å². The van der Waals surface area contributed by atoms with Crippen LogP contribution >= 0.6 is 0 Å². The first-order valence-electron chi connectivity index (χ1n) is 10.7. The van der Waals surface area contributed by atoms with Crippen molar-refractivity contribution in [3.63, 3.8) is 0 Å². The zero-order valence-electron chi connectivity index (χ0n) is 18.4. The van der Waals surface area contributed by atoms with E-state index in [2.05, 4.69) is 88.4 Å². The van der Waals surface area contributed by atoms with Crippen molar-refractivity contribution in [2.75, 3.05) is 0 Å². The van der Waals surface area contributed by atoms with Crippen LogP contribution in [-0.4, -0.2) is 0 Å². The van der Waals surface area contributed by atoms with Crippen molar-refractivity contribution in [2.24, 2.45) is 0 Å². The summed E-state index contributed by atoms with van der Waals surface area (Å²) in [7, 11) is 0. The molecule has 0 saturated heterocycles. The fourth-order valence-corrected chi connectivity index (χ4v) is 4.53. The summed E-state index contributed by atoms with van der Waals surface area (Å²) >= 11 is 0. The van der Waals surface area contributed by atoms with E-state index in [-0.39, 0.29) is 10.8 Å². The Morgan fingerprint density at radius 2 is 1.40 bits per heavy atom. The molecule has 0 N–H and O–H groups in total. The van der Waals surface area contributed by atoms with Gasteiger partial charge in [-0.1, -0.05) is 88.4 Å². The molecule has 4 rings (SSSR count). The molecule has 0 atom stereocenters. The highest BCUT2D eigenvalue weighted by Crippen LogP contribution is 2.46. The van der Waals surface area contributed by atoms with Crippen molar-refractivity contribution in [3.05, 3.63) is 106 Å². The second-order valence-corrected chi connectivity index (χ2v) is 9.69. The number of fused-ring (bicyclic) bond motifs is 1. The summed E-state index contributed by atoms with van der Waals surface area (Å²) in [6.45, 7) is 9.48. The Hall–Kier alpha value is -3.11. The molecule has 0 radical (unpaired) electrons. The Morgan fingerprint density at radius 1 is 0.767 bits per heavy atom. The fourth-order valence-electron chi connectivity index (χ4n) is 4.53. The first-order chi connectivity index (χ1) is 14.3. The Morgan fingerprint density at radius 3 is 2.03 bits per heavy atom. The van der Waals surface area contributed by atoms with Gasteiger partial charge in [0.1, 0.15) is 0 Å². The normalized spacial score (nSPS) is 17.1. The molecule has 0 fully saturated rings. The molecule has 0 saturated carbocycles. The molecular weight excluding hydrogens is 362 g/mol. The van der Waals surface area contributed by atoms with E-state index in [4.69, 9.17) is 5.26 Å². The SMILES string of the molecule is CC1(C)CCC(C)(C)c2cc(/C(=C\c3ccc(C#N)cc3)c3ccccc3)ccc21. The first kappa shape index (κ1) is 20.2. The van der Waals surface area contributed by atoms with E-state index in [1.807, 2.05) is 24.3 Å².